The van der Waals surface area contributed by atoms with Crippen LogP contribution in [0.1, 0.15) is 31.3 Å². The van der Waals surface area contributed by atoms with Gasteiger partial charge in [-0.15, -0.1) is 11.3 Å². The molecule has 0 amide bonds. The first-order chi connectivity index (χ1) is 8.82. The highest BCUT2D eigenvalue weighted by molar-refractivity contribution is 7.16. The fraction of sp³-hybridized carbons (Fsp3) is 0.286. The summed E-state index contributed by atoms with van der Waals surface area (Å²) in [6.07, 6.45) is 0. The molecule has 0 spiro atoms. The number of aromatic nitrogens is 1. The van der Waals surface area contributed by atoms with Crippen LogP contribution in [0.15, 0.2) is 18.2 Å². The van der Waals surface area contributed by atoms with Crippen LogP contribution in [0.25, 0.3) is 11.3 Å². The number of nitrogen functional groups attached to an aromatic ring is 1. The van der Waals surface area contributed by atoms with Crippen molar-refractivity contribution in [3.05, 3.63) is 34.6 Å². The fourth-order valence-electron chi connectivity index (χ4n) is 1.62. The quantitative estimate of drug-likeness (QED) is 0.863. The van der Waals surface area contributed by atoms with Gasteiger partial charge in [0.25, 0.3) is 0 Å². The highest BCUT2D eigenvalue weighted by atomic mass is 32.1. The topological polar surface area (TPSA) is 62.7 Å². The van der Waals surface area contributed by atoms with Gasteiger partial charge in [-0.3, -0.25) is 0 Å². The standard InChI is InChI=1S/C14H14FN3S/c1-14(2,3)13-18-11(12(17)19-13)8-4-5-10(15)9(6-8)7-16/h4-6H,17H2,1-3H3. The van der Waals surface area contributed by atoms with E-state index in [1.54, 1.807) is 6.07 Å². The average molecular weight is 275 g/mol. The Kier molecular flexibility index (Phi) is 3.29. The molecule has 2 aromatic rings. The minimum Gasteiger partial charge on any atom is -0.389 e. The van der Waals surface area contributed by atoms with Crippen LogP contribution in [-0.4, -0.2) is 4.98 Å². The van der Waals surface area contributed by atoms with E-state index in [2.05, 4.69) is 25.8 Å². The minimum absolute atomic E-state index is 0.00205. The van der Waals surface area contributed by atoms with Crippen LogP contribution in [0, 0.1) is 17.1 Å². The molecule has 98 valence electrons. The van der Waals surface area contributed by atoms with Crippen LogP contribution in [0.4, 0.5) is 9.39 Å². The van der Waals surface area contributed by atoms with E-state index in [1.165, 1.54) is 23.5 Å². The summed E-state index contributed by atoms with van der Waals surface area (Å²) in [4.78, 5) is 4.52. The number of thiazole rings is 1. The summed E-state index contributed by atoms with van der Waals surface area (Å²) >= 11 is 1.42. The van der Waals surface area contributed by atoms with E-state index in [9.17, 15) is 4.39 Å². The number of hydrogen-bond acceptors (Lipinski definition) is 4. The smallest absolute Gasteiger partial charge is 0.140 e. The van der Waals surface area contributed by atoms with Crippen molar-refractivity contribution in [2.24, 2.45) is 0 Å². The molecule has 0 saturated carbocycles. The van der Waals surface area contributed by atoms with Gasteiger partial charge >= 0.3 is 0 Å². The molecule has 0 bridgehead atoms. The summed E-state index contributed by atoms with van der Waals surface area (Å²) < 4.78 is 13.3. The lowest BCUT2D eigenvalue weighted by Crippen LogP contribution is -2.10. The van der Waals surface area contributed by atoms with E-state index in [0.29, 0.717) is 16.3 Å². The lowest BCUT2D eigenvalue weighted by molar-refractivity contribution is 0.586. The second kappa shape index (κ2) is 4.63. The van der Waals surface area contributed by atoms with Crippen molar-refractivity contribution < 1.29 is 4.39 Å². The molecular formula is C14H14FN3S. The van der Waals surface area contributed by atoms with E-state index < -0.39 is 5.82 Å². The van der Waals surface area contributed by atoms with Gasteiger partial charge in [0.2, 0.25) is 0 Å². The van der Waals surface area contributed by atoms with Crippen molar-refractivity contribution in [1.29, 1.82) is 5.26 Å². The summed E-state index contributed by atoms with van der Waals surface area (Å²) in [5.74, 6) is -0.531. The number of nitrogens with two attached hydrogens (primary N) is 1. The number of anilines is 1. The Morgan fingerprint density at radius 2 is 2.05 bits per heavy atom. The number of benzene rings is 1. The SMILES string of the molecule is CC(C)(C)c1nc(-c2ccc(F)c(C#N)c2)c(N)s1. The van der Waals surface area contributed by atoms with Crippen LogP contribution in [-0.2, 0) is 5.41 Å². The Morgan fingerprint density at radius 1 is 1.37 bits per heavy atom. The molecule has 0 aliphatic heterocycles. The molecule has 1 heterocycles. The third-order valence-electron chi connectivity index (χ3n) is 2.66. The number of nitrogens with zero attached hydrogens (tertiary/aromatic N) is 2. The Morgan fingerprint density at radius 3 is 2.58 bits per heavy atom. The summed E-state index contributed by atoms with van der Waals surface area (Å²) in [6.45, 7) is 6.17. The molecule has 0 aliphatic rings. The Labute approximate surface area is 115 Å². The zero-order valence-corrected chi connectivity index (χ0v) is 11.8. The van der Waals surface area contributed by atoms with E-state index in [0.717, 1.165) is 5.01 Å². The van der Waals surface area contributed by atoms with Crippen molar-refractivity contribution in [2.75, 3.05) is 5.73 Å². The van der Waals surface area contributed by atoms with Crippen LogP contribution in [0.3, 0.4) is 0 Å². The molecule has 5 heteroatoms. The van der Waals surface area contributed by atoms with Crippen molar-refractivity contribution >= 4 is 16.3 Å². The third kappa shape index (κ3) is 2.59. The molecule has 2 N–H and O–H groups in total. The van der Waals surface area contributed by atoms with Crippen molar-refractivity contribution in [3.8, 4) is 17.3 Å². The largest absolute Gasteiger partial charge is 0.389 e. The zero-order chi connectivity index (χ0) is 14.2. The van der Waals surface area contributed by atoms with Crippen molar-refractivity contribution in [2.45, 2.75) is 26.2 Å². The van der Waals surface area contributed by atoms with E-state index in [4.69, 9.17) is 11.0 Å². The van der Waals surface area contributed by atoms with Crippen molar-refractivity contribution in [3.63, 3.8) is 0 Å². The molecule has 1 aromatic heterocycles. The van der Waals surface area contributed by atoms with Gasteiger partial charge in [0, 0.05) is 11.0 Å². The molecule has 0 saturated heterocycles. The second-order valence-electron chi connectivity index (χ2n) is 5.29. The Balaban J connectivity index is 2.54. The summed E-state index contributed by atoms with van der Waals surface area (Å²) in [5, 5.41) is 10.4. The van der Waals surface area contributed by atoms with Crippen LogP contribution in [0.2, 0.25) is 0 Å². The highest BCUT2D eigenvalue weighted by Crippen LogP contribution is 2.36. The fourth-order valence-corrected chi connectivity index (χ4v) is 2.53. The molecule has 0 unspecified atom stereocenters. The summed E-state index contributed by atoms with van der Waals surface area (Å²) in [7, 11) is 0. The van der Waals surface area contributed by atoms with Gasteiger partial charge in [0.15, 0.2) is 0 Å². The van der Waals surface area contributed by atoms with Gasteiger partial charge < -0.3 is 5.73 Å². The molecule has 3 nitrogen and oxygen atoms in total. The number of nitriles is 1. The lowest BCUT2D eigenvalue weighted by atomic mass is 9.98. The Hall–Kier alpha value is -1.93. The zero-order valence-electron chi connectivity index (χ0n) is 11.0. The third-order valence-corrected chi connectivity index (χ3v) is 3.97. The first-order valence-electron chi connectivity index (χ1n) is 5.79. The maximum atomic E-state index is 13.3. The van der Waals surface area contributed by atoms with E-state index in [1.807, 2.05) is 6.07 Å². The van der Waals surface area contributed by atoms with Crippen LogP contribution >= 0.6 is 11.3 Å². The number of halogens is 1. The first kappa shape index (κ1) is 13.5. The molecule has 0 aliphatic carbocycles. The van der Waals surface area contributed by atoms with E-state index >= 15 is 0 Å². The molecular weight excluding hydrogens is 261 g/mol. The molecule has 1 aromatic carbocycles. The van der Waals surface area contributed by atoms with Gasteiger partial charge in [-0.05, 0) is 18.2 Å². The van der Waals surface area contributed by atoms with Crippen molar-refractivity contribution in [1.82, 2.24) is 4.98 Å². The number of hydrogen-bond donors (Lipinski definition) is 1. The van der Waals surface area contributed by atoms with Gasteiger partial charge in [-0.25, -0.2) is 9.37 Å². The molecule has 0 radical (unpaired) electrons. The Bertz CT molecular complexity index is 662. The van der Waals surface area contributed by atoms with Gasteiger partial charge in [0.05, 0.1) is 5.56 Å². The second-order valence-corrected chi connectivity index (χ2v) is 6.32. The van der Waals surface area contributed by atoms with Gasteiger partial charge in [0.1, 0.15) is 27.6 Å². The summed E-state index contributed by atoms with van der Waals surface area (Å²) in [5.41, 5.74) is 7.18. The number of rotatable bonds is 1. The lowest BCUT2D eigenvalue weighted by Gasteiger charge is -2.13. The predicted octanol–water partition coefficient (Wildman–Crippen LogP) is 3.70. The maximum Gasteiger partial charge on any atom is 0.140 e. The van der Waals surface area contributed by atoms with Crippen LogP contribution < -0.4 is 5.73 Å². The molecule has 0 atom stereocenters. The van der Waals surface area contributed by atoms with Crippen LogP contribution in [0.5, 0.6) is 0 Å². The monoisotopic (exact) mass is 275 g/mol. The molecule has 0 fully saturated rings. The minimum atomic E-state index is -0.531. The normalized spacial score (nSPS) is 11.3. The predicted molar refractivity (Wildman–Crippen MR) is 75.3 cm³/mol. The van der Waals surface area contributed by atoms with Gasteiger partial charge in [-0.1, -0.05) is 20.8 Å². The van der Waals surface area contributed by atoms with Gasteiger partial charge in [-0.2, -0.15) is 5.26 Å². The maximum absolute atomic E-state index is 13.3. The molecule has 19 heavy (non-hydrogen) atoms. The summed E-state index contributed by atoms with van der Waals surface area (Å²) in [6, 6.07) is 6.16. The molecule has 2 rings (SSSR count). The average Bonchev–Trinajstić information content (AvgIpc) is 2.72. The van der Waals surface area contributed by atoms with E-state index in [-0.39, 0.29) is 11.0 Å². The highest BCUT2D eigenvalue weighted by Gasteiger charge is 2.21. The first-order valence-corrected chi connectivity index (χ1v) is 6.61.